The lowest BCUT2D eigenvalue weighted by atomic mass is 10.2. The fourth-order valence-electron chi connectivity index (χ4n) is 2.62. The molecule has 2 N–H and O–H groups in total. The van der Waals surface area contributed by atoms with Crippen molar-refractivity contribution in [3.05, 3.63) is 24.3 Å². The largest absolute Gasteiger partial charge is 0.395 e. The topological polar surface area (TPSA) is 59.1 Å². The molecule has 0 aromatic heterocycles. The summed E-state index contributed by atoms with van der Waals surface area (Å²) in [4.78, 5) is 18.5. The normalized spacial score (nSPS) is 15.7. The average molecular weight is 306 g/mol. The Hall–Kier alpha value is -1.79. The molecule has 2 amide bonds. The zero-order valence-electron chi connectivity index (χ0n) is 13.5. The van der Waals surface area contributed by atoms with E-state index in [2.05, 4.69) is 22.2 Å². The van der Waals surface area contributed by atoms with Gasteiger partial charge in [-0.1, -0.05) is 12.1 Å². The lowest BCUT2D eigenvalue weighted by Crippen LogP contribution is -2.45. The first kappa shape index (κ1) is 16.6. The zero-order valence-corrected chi connectivity index (χ0v) is 13.5. The molecule has 0 radical (unpaired) electrons. The van der Waals surface area contributed by atoms with Gasteiger partial charge in [0.2, 0.25) is 0 Å². The van der Waals surface area contributed by atoms with Gasteiger partial charge in [-0.15, -0.1) is 0 Å². The van der Waals surface area contributed by atoms with E-state index in [0.29, 0.717) is 13.1 Å². The van der Waals surface area contributed by atoms with Crippen molar-refractivity contribution in [2.45, 2.75) is 6.92 Å². The Morgan fingerprint density at radius 1 is 1.27 bits per heavy atom. The molecule has 2 rings (SSSR count). The van der Waals surface area contributed by atoms with Crippen molar-refractivity contribution in [1.29, 1.82) is 0 Å². The standard InChI is InChI=1S/C16H26N4O2/c1-3-19(12-13-21)16(22)17-14-6-4-5-7-15(14)20-10-8-18(2)9-11-20/h4-7,21H,3,8-13H2,1-2H3,(H,17,22). The predicted octanol–water partition coefficient (Wildman–Crippen LogP) is 1.28. The minimum absolute atomic E-state index is 0.0264. The van der Waals surface area contributed by atoms with Crippen molar-refractivity contribution >= 4 is 17.4 Å². The van der Waals surface area contributed by atoms with Crippen LogP contribution in [0, 0.1) is 0 Å². The fourth-order valence-corrected chi connectivity index (χ4v) is 2.62. The first-order valence-corrected chi connectivity index (χ1v) is 7.85. The number of nitrogens with one attached hydrogen (secondary N) is 1. The van der Waals surface area contributed by atoms with Gasteiger partial charge < -0.3 is 25.1 Å². The number of piperazine rings is 1. The van der Waals surface area contributed by atoms with E-state index in [1.807, 2.05) is 31.2 Å². The summed E-state index contributed by atoms with van der Waals surface area (Å²) in [6.07, 6.45) is 0. The highest BCUT2D eigenvalue weighted by molar-refractivity contribution is 5.93. The highest BCUT2D eigenvalue weighted by Crippen LogP contribution is 2.26. The molecule has 6 nitrogen and oxygen atoms in total. The Morgan fingerprint density at radius 2 is 1.95 bits per heavy atom. The van der Waals surface area contributed by atoms with Crippen molar-refractivity contribution in [3.63, 3.8) is 0 Å². The molecule has 1 heterocycles. The first-order valence-electron chi connectivity index (χ1n) is 7.85. The van der Waals surface area contributed by atoms with E-state index >= 15 is 0 Å². The molecular formula is C16H26N4O2. The highest BCUT2D eigenvalue weighted by Gasteiger charge is 2.19. The third kappa shape index (κ3) is 4.11. The van der Waals surface area contributed by atoms with Crippen molar-refractivity contribution in [2.75, 3.05) is 63.1 Å². The van der Waals surface area contributed by atoms with Crippen LogP contribution in [0.4, 0.5) is 16.2 Å². The van der Waals surface area contributed by atoms with Gasteiger partial charge in [-0.05, 0) is 26.1 Å². The quantitative estimate of drug-likeness (QED) is 0.860. The van der Waals surface area contributed by atoms with E-state index in [0.717, 1.165) is 37.6 Å². The smallest absolute Gasteiger partial charge is 0.321 e. The van der Waals surface area contributed by atoms with Crippen LogP contribution in [0.3, 0.4) is 0 Å². The van der Waals surface area contributed by atoms with Crippen LogP contribution in [-0.2, 0) is 0 Å². The molecule has 6 heteroatoms. The summed E-state index contributed by atoms with van der Waals surface area (Å²) in [6.45, 7) is 6.75. The molecule has 0 bridgehead atoms. The van der Waals surface area contributed by atoms with Gasteiger partial charge in [-0.2, -0.15) is 0 Å². The van der Waals surface area contributed by atoms with Crippen LogP contribution in [0.15, 0.2) is 24.3 Å². The molecule has 22 heavy (non-hydrogen) atoms. The van der Waals surface area contributed by atoms with Crippen LogP contribution in [0.5, 0.6) is 0 Å². The van der Waals surface area contributed by atoms with Crippen LogP contribution in [0.2, 0.25) is 0 Å². The van der Waals surface area contributed by atoms with Crippen LogP contribution in [0.1, 0.15) is 6.92 Å². The second kappa shape index (κ2) is 8.00. The molecule has 0 unspecified atom stereocenters. The molecular weight excluding hydrogens is 280 g/mol. The van der Waals surface area contributed by atoms with Gasteiger partial charge in [-0.3, -0.25) is 0 Å². The summed E-state index contributed by atoms with van der Waals surface area (Å²) in [7, 11) is 2.12. The van der Waals surface area contributed by atoms with Crippen molar-refractivity contribution in [3.8, 4) is 0 Å². The number of para-hydroxylation sites is 2. The average Bonchev–Trinajstić information content (AvgIpc) is 2.54. The van der Waals surface area contributed by atoms with Gasteiger partial charge in [-0.25, -0.2) is 4.79 Å². The summed E-state index contributed by atoms with van der Waals surface area (Å²) < 4.78 is 0. The third-order valence-electron chi connectivity index (χ3n) is 4.03. The molecule has 0 atom stereocenters. The maximum Gasteiger partial charge on any atom is 0.321 e. The van der Waals surface area contributed by atoms with Crippen molar-refractivity contribution in [1.82, 2.24) is 9.80 Å². The monoisotopic (exact) mass is 306 g/mol. The number of nitrogens with zero attached hydrogens (tertiary/aromatic N) is 3. The Kier molecular flexibility index (Phi) is 6.03. The SMILES string of the molecule is CCN(CCO)C(=O)Nc1ccccc1N1CCN(C)CC1. The summed E-state index contributed by atoms with van der Waals surface area (Å²) in [5.74, 6) is 0. The number of rotatable bonds is 5. The lowest BCUT2D eigenvalue weighted by Gasteiger charge is -2.35. The summed E-state index contributed by atoms with van der Waals surface area (Å²) in [6, 6.07) is 7.73. The Labute approximate surface area is 132 Å². The summed E-state index contributed by atoms with van der Waals surface area (Å²) in [5, 5.41) is 12.0. The maximum absolute atomic E-state index is 12.3. The fraction of sp³-hybridized carbons (Fsp3) is 0.562. The second-order valence-electron chi connectivity index (χ2n) is 5.54. The molecule has 0 aliphatic carbocycles. The number of carbonyl (C=O) groups excluding carboxylic acids is 1. The lowest BCUT2D eigenvalue weighted by molar-refractivity contribution is 0.192. The zero-order chi connectivity index (χ0) is 15.9. The molecule has 1 aliphatic heterocycles. The van der Waals surface area contributed by atoms with Crippen molar-refractivity contribution < 1.29 is 9.90 Å². The number of aliphatic hydroxyl groups excluding tert-OH is 1. The molecule has 1 fully saturated rings. The van der Waals surface area contributed by atoms with Gasteiger partial charge in [0.15, 0.2) is 0 Å². The number of urea groups is 1. The van der Waals surface area contributed by atoms with Crippen LogP contribution in [0.25, 0.3) is 0 Å². The van der Waals surface area contributed by atoms with Gasteiger partial charge in [0, 0.05) is 39.3 Å². The number of carbonyl (C=O) groups is 1. The minimum atomic E-state index is -0.168. The van der Waals surface area contributed by atoms with Crippen LogP contribution < -0.4 is 10.2 Å². The van der Waals surface area contributed by atoms with Crippen LogP contribution >= 0.6 is 0 Å². The number of hydrogen-bond donors (Lipinski definition) is 2. The Balaban J connectivity index is 2.09. The summed E-state index contributed by atoms with van der Waals surface area (Å²) >= 11 is 0. The molecule has 1 aromatic carbocycles. The number of likely N-dealkylation sites (N-methyl/N-ethyl adjacent to an activating group) is 2. The van der Waals surface area contributed by atoms with Gasteiger partial charge in [0.05, 0.1) is 18.0 Å². The van der Waals surface area contributed by atoms with E-state index in [4.69, 9.17) is 5.11 Å². The maximum atomic E-state index is 12.3. The molecule has 1 aliphatic rings. The number of anilines is 2. The molecule has 1 aromatic rings. The molecule has 0 saturated carbocycles. The Bertz CT molecular complexity index is 487. The highest BCUT2D eigenvalue weighted by atomic mass is 16.3. The predicted molar refractivity (Wildman–Crippen MR) is 89.5 cm³/mol. The van der Waals surface area contributed by atoms with E-state index in [1.165, 1.54) is 0 Å². The third-order valence-corrected chi connectivity index (χ3v) is 4.03. The Morgan fingerprint density at radius 3 is 2.59 bits per heavy atom. The molecule has 1 saturated heterocycles. The van der Waals surface area contributed by atoms with Gasteiger partial charge in [0.25, 0.3) is 0 Å². The molecule has 122 valence electrons. The first-order chi connectivity index (χ1) is 10.7. The number of amides is 2. The number of aliphatic hydroxyl groups is 1. The number of benzene rings is 1. The minimum Gasteiger partial charge on any atom is -0.395 e. The summed E-state index contributed by atoms with van der Waals surface area (Å²) in [5.41, 5.74) is 1.89. The van der Waals surface area contributed by atoms with E-state index in [-0.39, 0.29) is 12.6 Å². The van der Waals surface area contributed by atoms with E-state index in [9.17, 15) is 4.79 Å². The second-order valence-corrected chi connectivity index (χ2v) is 5.54. The van der Waals surface area contributed by atoms with Crippen molar-refractivity contribution in [2.24, 2.45) is 0 Å². The van der Waals surface area contributed by atoms with Gasteiger partial charge in [0.1, 0.15) is 0 Å². The van der Waals surface area contributed by atoms with E-state index < -0.39 is 0 Å². The van der Waals surface area contributed by atoms with E-state index in [1.54, 1.807) is 4.90 Å². The number of hydrogen-bond acceptors (Lipinski definition) is 4. The molecule has 0 spiro atoms. The van der Waals surface area contributed by atoms with Crippen LogP contribution in [-0.4, -0.2) is 73.9 Å². The van der Waals surface area contributed by atoms with Gasteiger partial charge >= 0.3 is 6.03 Å².